The molecule has 8 heteroatoms. The van der Waals surface area contributed by atoms with Crippen molar-refractivity contribution in [3.8, 4) is 11.4 Å². The summed E-state index contributed by atoms with van der Waals surface area (Å²) in [5, 5.41) is 6.98. The molecule has 1 fully saturated rings. The van der Waals surface area contributed by atoms with Gasteiger partial charge in [-0.15, -0.1) is 0 Å². The number of likely N-dealkylation sites (tertiary alicyclic amines) is 1. The van der Waals surface area contributed by atoms with E-state index in [1.165, 1.54) is 7.11 Å². The van der Waals surface area contributed by atoms with Crippen LogP contribution in [0.3, 0.4) is 0 Å². The van der Waals surface area contributed by atoms with E-state index in [1.54, 1.807) is 24.3 Å². The highest BCUT2D eigenvalue weighted by Gasteiger charge is 2.27. The Balaban J connectivity index is 1.36. The van der Waals surface area contributed by atoms with Gasteiger partial charge >= 0.3 is 5.97 Å². The molecule has 31 heavy (non-hydrogen) atoms. The van der Waals surface area contributed by atoms with Gasteiger partial charge < -0.3 is 14.6 Å². The third-order valence-corrected chi connectivity index (χ3v) is 5.29. The van der Waals surface area contributed by atoms with Crippen LogP contribution in [0.2, 0.25) is 0 Å². The van der Waals surface area contributed by atoms with Crippen LogP contribution in [0.5, 0.6) is 0 Å². The van der Waals surface area contributed by atoms with E-state index in [-0.39, 0.29) is 11.8 Å². The van der Waals surface area contributed by atoms with Crippen molar-refractivity contribution in [2.45, 2.75) is 19.4 Å². The highest BCUT2D eigenvalue weighted by atomic mass is 16.5. The molecule has 0 bridgehead atoms. The van der Waals surface area contributed by atoms with Crippen LogP contribution in [0.1, 0.15) is 29.1 Å². The number of carbonyl (C=O) groups is 2. The molecule has 1 unspecified atom stereocenters. The van der Waals surface area contributed by atoms with Gasteiger partial charge in [-0.1, -0.05) is 41.6 Å². The number of hydrogen-bond acceptors (Lipinski definition) is 7. The third-order valence-electron chi connectivity index (χ3n) is 5.29. The number of benzene rings is 2. The van der Waals surface area contributed by atoms with Crippen molar-refractivity contribution in [3.63, 3.8) is 0 Å². The molecule has 1 aliphatic rings. The van der Waals surface area contributed by atoms with Crippen molar-refractivity contribution < 1.29 is 18.8 Å². The Bertz CT molecular complexity index is 1050. The number of anilines is 1. The SMILES string of the molecule is COC(=O)c1cccc(NC(=O)C2CCCN(Cc3nc(-c4ccccc4)no3)C2)c1. The fourth-order valence-corrected chi connectivity index (χ4v) is 3.71. The van der Waals surface area contributed by atoms with Crippen molar-refractivity contribution in [2.24, 2.45) is 5.92 Å². The normalized spacial score (nSPS) is 16.6. The molecule has 160 valence electrons. The highest BCUT2D eigenvalue weighted by molar-refractivity contribution is 5.95. The average Bonchev–Trinajstić information content (AvgIpc) is 3.28. The van der Waals surface area contributed by atoms with Gasteiger partial charge in [0.15, 0.2) is 0 Å². The minimum absolute atomic E-state index is 0.0674. The monoisotopic (exact) mass is 420 g/mol. The second-order valence-electron chi connectivity index (χ2n) is 7.51. The van der Waals surface area contributed by atoms with E-state index in [4.69, 9.17) is 9.26 Å². The molecule has 1 amide bonds. The molecule has 4 rings (SSSR count). The van der Waals surface area contributed by atoms with E-state index in [2.05, 4.69) is 20.4 Å². The fourth-order valence-electron chi connectivity index (χ4n) is 3.71. The first-order valence-electron chi connectivity index (χ1n) is 10.2. The topological polar surface area (TPSA) is 97.6 Å². The first kappa shape index (κ1) is 20.7. The van der Waals surface area contributed by atoms with Crippen molar-refractivity contribution in [2.75, 3.05) is 25.5 Å². The van der Waals surface area contributed by atoms with E-state index in [1.807, 2.05) is 30.3 Å². The van der Waals surface area contributed by atoms with Crippen LogP contribution in [0.15, 0.2) is 59.1 Å². The number of nitrogens with one attached hydrogen (secondary N) is 1. The predicted octanol–water partition coefficient (Wildman–Crippen LogP) is 3.37. The predicted molar refractivity (Wildman–Crippen MR) is 114 cm³/mol. The van der Waals surface area contributed by atoms with Gasteiger partial charge in [-0.3, -0.25) is 9.69 Å². The van der Waals surface area contributed by atoms with Crippen LogP contribution in [-0.2, 0) is 16.1 Å². The van der Waals surface area contributed by atoms with Gasteiger partial charge in [0.2, 0.25) is 17.6 Å². The lowest BCUT2D eigenvalue weighted by molar-refractivity contribution is -0.121. The van der Waals surface area contributed by atoms with Gasteiger partial charge in [-0.2, -0.15) is 4.98 Å². The molecule has 0 spiro atoms. The van der Waals surface area contributed by atoms with Gasteiger partial charge in [0.1, 0.15) is 0 Å². The fraction of sp³-hybridized carbons (Fsp3) is 0.304. The second kappa shape index (κ2) is 9.53. The minimum atomic E-state index is -0.436. The molecular weight excluding hydrogens is 396 g/mol. The molecular formula is C23H24N4O4. The molecule has 1 saturated heterocycles. The Kier molecular flexibility index (Phi) is 6.37. The maximum atomic E-state index is 12.8. The van der Waals surface area contributed by atoms with Crippen molar-refractivity contribution in [3.05, 3.63) is 66.1 Å². The molecule has 1 atom stereocenters. The molecule has 8 nitrogen and oxygen atoms in total. The summed E-state index contributed by atoms with van der Waals surface area (Å²) in [6, 6.07) is 16.4. The molecule has 2 aromatic carbocycles. The number of nitrogens with zero attached hydrogens (tertiary/aromatic N) is 3. The van der Waals surface area contributed by atoms with Crippen molar-refractivity contribution >= 4 is 17.6 Å². The summed E-state index contributed by atoms with van der Waals surface area (Å²) in [5.41, 5.74) is 1.88. The zero-order valence-electron chi connectivity index (χ0n) is 17.3. The number of methoxy groups -OCH3 is 1. The Hall–Kier alpha value is -3.52. The second-order valence-corrected chi connectivity index (χ2v) is 7.51. The summed E-state index contributed by atoms with van der Waals surface area (Å²) in [4.78, 5) is 31.1. The number of piperidine rings is 1. The first-order valence-corrected chi connectivity index (χ1v) is 10.2. The van der Waals surface area contributed by atoms with Gasteiger partial charge in [0, 0.05) is 17.8 Å². The Labute approximate surface area is 180 Å². The zero-order valence-corrected chi connectivity index (χ0v) is 17.3. The lowest BCUT2D eigenvalue weighted by Crippen LogP contribution is -2.40. The van der Waals surface area contributed by atoms with E-state index in [0.29, 0.717) is 36.1 Å². The summed E-state index contributed by atoms with van der Waals surface area (Å²) < 4.78 is 10.1. The average molecular weight is 420 g/mol. The van der Waals surface area contributed by atoms with E-state index < -0.39 is 5.97 Å². The Morgan fingerprint density at radius 2 is 2.03 bits per heavy atom. The Morgan fingerprint density at radius 3 is 2.84 bits per heavy atom. The zero-order chi connectivity index (χ0) is 21.6. The standard InChI is InChI=1S/C23H24N4O4/c1-30-23(29)17-9-5-11-19(13-17)24-22(28)18-10-6-12-27(14-18)15-20-25-21(26-31-20)16-7-3-2-4-8-16/h2-5,7-9,11,13,18H,6,10,12,14-15H2,1H3,(H,24,28). The summed E-state index contributed by atoms with van der Waals surface area (Å²) in [6.07, 6.45) is 1.71. The van der Waals surface area contributed by atoms with Crippen molar-refractivity contribution in [1.82, 2.24) is 15.0 Å². The number of amides is 1. The van der Waals surface area contributed by atoms with E-state index >= 15 is 0 Å². The van der Waals surface area contributed by atoms with Crippen LogP contribution < -0.4 is 5.32 Å². The van der Waals surface area contributed by atoms with E-state index in [0.717, 1.165) is 24.9 Å². The number of esters is 1. The Morgan fingerprint density at radius 1 is 1.19 bits per heavy atom. The van der Waals surface area contributed by atoms with Gasteiger partial charge in [-0.25, -0.2) is 4.79 Å². The van der Waals surface area contributed by atoms with Crippen LogP contribution in [-0.4, -0.2) is 47.1 Å². The molecule has 0 aliphatic carbocycles. The molecule has 0 saturated carbocycles. The van der Waals surface area contributed by atoms with Gasteiger partial charge in [0.25, 0.3) is 0 Å². The number of carbonyl (C=O) groups excluding carboxylic acids is 2. The smallest absolute Gasteiger partial charge is 0.337 e. The lowest BCUT2D eigenvalue weighted by atomic mass is 9.97. The van der Waals surface area contributed by atoms with Crippen LogP contribution >= 0.6 is 0 Å². The quantitative estimate of drug-likeness (QED) is 0.611. The van der Waals surface area contributed by atoms with Gasteiger partial charge in [0.05, 0.1) is 25.1 Å². The summed E-state index contributed by atoms with van der Waals surface area (Å²) in [6.45, 7) is 1.97. The van der Waals surface area contributed by atoms with Crippen LogP contribution in [0.4, 0.5) is 5.69 Å². The third kappa shape index (κ3) is 5.16. The number of hydrogen-bond donors (Lipinski definition) is 1. The first-order chi connectivity index (χ1) is 15.1. The van der Waals surface area contributed by atoms with E-state index in [9.17, 15) is 9.59 Å². The minimum Gasteiger partial charge on any atom is -0.465 e. The highest BCUT2D eigenvalue weighted by Crippen LogP contribution is 2.22. The molecule has 2 heterocycles. The van der Waals surface area contributed by atoms with Crippen molar-refractivity contribution in [1.29, 1.82) is 0 Å². The van der Waals surface area contributed by atoms with Crippen LogP contribution in [0.25, 0.3) is 11.4 Å². The maximum Gasteiger partial charge on any atom is 0.337 e. The molecule has 3 aromatic rings. The van der Waals surface area contributed by atoms with Crippen LogP contribution in [0, 0.1) is 5.92 Å². The molecule has 0 radical (unpaired) electrons. The molecule has 1 aliphatic heterocycles. The largest absolute Gasteiger partial charge is 0.465 e. The molecule has 1 N–H and O–H groups in total. The maximum absolute atomic E-state index is 12.8. The molecule has 1 aromatic heterocycles. The summed E-state index contributed by atoms with van der Waals surface area (Å²) >= 11 is 0. The summed E-state index contributed by atoms with van der Waals surface area (Å²) in [7, 11) is 1.33. The lowest BCUT2D eigenvalue weighted by Gasteiger charge is -2.30. The van der Waals surface area contributed by atoms with Gasteiger partial charge in [-0.05, 0) is 37.6 Å². The number of ether oxygens (including phenoxy) is 1. The summed E-state index contributed by atoms with van der Waals surface area (Å²) in [5.74, 6) is 0.432. The number of aromatic nitrogens is 2. The number of rotatable bonds is 6.